The second-order valence-corrected chi connectivity index (χ2v) is 9.82. The predicted molar refractivity (Wildman–Crippen MR) is 142 cm³/mol. The molecule has 2 aromatic carbocycles. The number of benzene rings is 2. The van der Waals surface area contributed by atoms with Gasteiger partial charge in [-0.1, -0.05) is 6.07 Å². The Labute approximate surface area is 223 Å². The summed E-state index contributed by atoms with van der Waals surface area (Å²) in [5.41, 5.74) is 11.6. The average Bonchev–Trinajstić information content (AvgIpc) is 2.91. The zero-order chi connectivity index (χ0) is 33.4. The Bertz CT molecular complexity index is 1490. The van der Waals surface area contributed by atoms with Crippen molar-refractivity contribution >= 4 is 25.4 Å². The molecule has 0 bridgehead atoms. The topological polar surface area (TPSA) is 157 Å². The Morgan fingerprint density at radius 3 is 2.00 bits per heavy atom. The molecule has 2 aromatic rings. The lowest BCUT2D eigenvalue weighted by molar-refractivity contribution is 0.310. The summed E-state index contributed by atoms with van der Waals surface area (Å²) >= 11 is 0. The average molecular weight is 552 g/mol. The molecular formula is C24H36N2O8S2. The Morgan fingerprint density at radius 1 is 0.944 bits per heavy atom. The summed E-state index contributed by atoms with van der Waals surface area (Å²) < 4.78 is 117. The third-order valence-corrected chi connectivity index (χ3v) is 5.62. The molecule has 0 aromatic heterocycles. The van der Waals surface area contributed by atoms with Gasteiger partial charge in [-0.3, -0.25) is 0 Å². The predicted octanol–water partition coefficient (Wildman–Crippen LogP) is 2.53. The van der Waals surface area contributed by atoms with Gasteiger partial charge in [0, 0.05) is 32.2 Å². The zero-order valence-electron chi connectivity index (χ0n) is 27.4. The maximum atomic E-state index is 11.8. The van der Waals surface area contributed by atoms with E-state index in [0.29, 0.717) is 41.8 Å². The molecular weight excluding hydrogens is 508 g/mol. The number of ether oxygens (including phenoxy) is 4. The van der Waals surface area contributed by atoms with Crippen LogP contribution in [0.15, 0.2) is 41.8 Å². The molecule has 10 nitrogen and oxygen atoms in total. The van der Waals surface area contributed by atoms with Crippen molar-refractivity contribution in [2.75, 3.05) is 45.6 Å². The van der Waals surface area contributed by atoms with E-state index in [4.69, 9.17) is 40.0 Å². The molecule has 0 saturated carbocycles. The van der Waals surface area contributed by atoms with Gasteiger partial charge in [0.15, 0.2) is 32.8 Å². The van der Waals surface area contributed by atoms with Crippen LogP contribution in [-0.4, -0.2) is 62.4 Å². The molecule has 12 heteroatoms. The highest BCUT2D eigenvalue weighted by atomic mass is 32.2. The number of sulfone groups is 2. The summed E-state index contributed by atoms with van der Waals surface area (Å²) in [5.74, 6) is 0.973. The van der Waals surface area contributed by atoms with Crippen molar-refractivity contribution in [2.45, 2.75) is 19.9 Å². The molecule has 36 heavy (non-hydrogen) atoms. The van der Waals surface area contributed by atoms with Gasteiger partial charge in [-0.25, -0.2) is 16.8 Å². The van der Waals surface area contributed by atoms with Gasteiger partial charge < -0.3 is 30.4 Å². The summed E-state index contributed by atoms with van der Waals surface area (Å²) in [7, 11) is -6.18. The monoisotopic (exact) mass is 551 g/mol. The number of hydrogen-bond donors (Lipinski definition) is 2. The lowest BCUT2D eigenvalue weighted by atomic mass is 10.1. The molecule has 1 atom stereocenters. The standard InChI is InChI=1S/C12H19NO4S.C12H17NO4S/c2*1-4-17-12-7-9(5-6-11(12)16-2)10(13)8-18(3,14)15/h5-7,10H,4,8,13H2,1-3H3;5-8H,4,13H2,1-3H3/t10-;/m1./s1/i3D3;3D3,8D. The van der Waals surface area contributed by atoms with Gasteiger partial charge in [0.05, 0.1) is 45.6 Å². The van der Waals surface area contributed by atoms with Crippen LogP contribution in [0.5, 0.6) is 23.0 Å². The highest BCUT2D eigenvalue weighted by Gasteiger charge is 2.15. The molecule has 0 amide bonds. The van der Waals surface area contributed by atoms with Gasteiger partial charge in [0.2, 0.25) is 0 Å². The van der Waals surface area contributed by atoms with E-state index in [2.05, 4.69) is 0 Å². The maximum absolute atomic E-state index is 11.8. The molecule has 0 aliphatic rings. The van der Waals surface area contributed by atoms with Crippen LogP contribution in [0.25, 0.3) is 5.70 Å². The first-order chi connectivity index (χ1) is 19.7. The van der Waals surface area contributed by atoms with Crippen molar-refractivity contribution in [2.24, 2.45) is 11.5 Å². The highest BCUT2D eigenvalue weighted by molar-refractivity contribution is 7.93. The number of rotatable bonds is 11. The Morgan fingerprint density at radius 2 is 1.50 bits per heavy atom. The Kier molecular flexibility index (Phi) is 8.20. The lowest BCUT2D eigenvalue weighted by Crippen LogP contribution is -2.20. The largest absolute Gasteiger partial charge is 0.493 e. The molecule has 0 radical (unpaired) electrons. The van der Waals surface area contributed by atoms with Crippen molar-refractivity contribution in [3.63, 3.8) is 0 Å². The third kappa shape index (κ3) is 10.8. The fourth-order valence-electron chi connectivity index (χ4n) is 2.84. The van der Waals surface area contributed by atoms with Gasteiger partial charge >= 0.3 is 0 Å². The smallest absolute Gasteiger partial charge is 0.170 e. The van der Waals surface area contributed by atoms with Crippen molar-refractivity contribution in [1.29, 1.82) is 0 Å². The van der Waals surface area contributed by atoms with Crippen LogP contribution in [-0.2, 0) is 19.7 Å². The normalized spacial score (nSPS) is 16.5. The fraction of sp³-hybridized carbons (Fsp3) is 0.417. The first kappa shape index (κ1) is 21.2. The van der Waals surface area contributed by atoms with E-state index in [1.807, 2.05) is 0 Å². The Balaban J connectivity index is 0.000000430. The van der Waals surface area contributed by atoms with Gasteiger partial charge in [-0.15, -0.1) is 0 Å². The van der Waals surface area contributed by atoms with Crippen LogP contribution in [0.1, 0.15) is 40.6 Å². The second kappa shape index (κ2) is 14.0. The van der Waals surface area contributed by atoms with Gasteiger partial charge in [-0.05, 0) is 49.7 Å². The van der Waals surface area contributed by atoms with E-state index in [9.17, 15) is 16.8 Å². The minimum absolute atomic E-state index is 0.155. The summed E-state index contributed by atoms with van der Waals surface area (Å²) in [6.07, 6.45) is -6.41. The van der Waals surface area contributed by atoms with Crippen LogP contribution >= 0.6 is 0 Å². The quantitative estimate of drug-likeness (QED) is 0.425. The summed E-state index contributed by atoms with van der Waals surface area (Å²) in [6, 6.07) is 8.08. The fourth-order valence-corrected chi connectivity index (χ4v) is 3.91. The van der Waals surface area contributed by atoms with Crippen LogP contribution in [0.3, 0.4) is 0 Å². The van der Waals surface area contributed by atoms with Crippen LogP contribution < -0.4 is 30.4 Å². The first-order valence-electron chi connectivity index (χ1n) is 14.0. The highest BCUT2D eigenvalue weighted by Crippen LogP contribution is 2.31. The summed E-state index contributed by atoms with van der Waals surface area (Å²) in [5, 5.41) is -1.15. The maximum Gasteiger partial charge on any atom is 0.170 e. The molecule has 4 N–H and O–H groups in total. The lowest BCUT2D eigenvalue weighted by Gasteiger charge is -2.15. The van der Waals surface area contributed by atoms with Crippen molar-refractivity contribution in [3.05, 3.63) is 52.9 Å². The minimum atomic E-state index is -4.82. The van der Waals surface area contributed by atoms with Gasteiger partial charge in [0.25, 0.3) is 0 Å². The van der Waals surface area contributed by atoms with Crippen molar-refractivity contribution < 1.29 is 45.4 Å². The molecule has 0 saturated heterocycles. The summed E-state index contributed by atoms with van der Waals surface area (Å²) in [4.78, 5) is 0. The van der Waals surface area contributed by atoms with E-state index < -0.39 is 54.9 Å². The van der Waals surface area contributed by atoms with E-state index in [1.54, 1.807) is 32.0 Å². The molecule has 0 unspecified atom stereocenters. The molecule has 0 aliphatic carbocycles. The SMILES string of the molecule is [2H]C(=C(N)c1ccc(OC)c(OCC)c1)S(=O)(=O)C([2H])([2H])[2H].[2H]C([2H])([2H])S(=O)(=O)C[C@@H](N)c1ccc(OC)c(OCC)c1. The molecule has 0 aliphatic heterocycles. The van der Waals surface area contributed by atoms with Crippen molar-refractivity contribution in [1.82, 2.24) is 0 Å². The van der Waals surface area contributed by atoms with Gasteiger partial charge in [0.1, 0.15) is 9.84 Å². The molecule has 0 fully saturated rings. The second-order valence-electron chi connectivity index (χ2n) is 7.05. The number of methoxy groups -OCH3 is 2. The van der Waals surface area contributed by atoms with Crippen LogP contribution in [0, 0.1) is 0 Å². The molecule has 202 valence electrons. The molecule has 0 heterocycles. The number of hydrogen-bond acceptors (Lipinski definition) is 10. The van der Waals surface area contributed by atoms with E-state index in [1.165, 1.54) is 32.4 Å². The third-order valence-electron chi connectivity index (χ3n) is 4.33. The van der Waals surface area contributed by atoms with Crippen molar-refractivity contribution in [3.8, 4) is 23.0 Å². The van der Waals surface area contributed by atoms with E-state index in [-0.39, 0.29) is 5.56 Å². The summed E-state index contributed by atoms with van der Waals surface area (Å²) in [6.45, 7) is 4.29. The van der Waals surface area contributed by atoms with Crippen LogP contribution in [0.4, 0.5) is 0 Å². The van der Waals surface area contributed by atoms with E-state index >= 15 is 0 Å². The number of nitrogens with two attached hydrogens (primary N) is 2. The van der Waals surface area contributed by atoms with E-state index in [0.717, 1.165) is 0 Å². The minimum Gasteiger partial charge on any atom is -0.493 e. The Hall–Kier alpha value is -2.96. The zero-order valence-corrected chi connectivity index (χ0v) is 22.0. The molecule has 2 rings (SSSR count). The van der Waals surface area contributed by atoms with Crippen LogP contribution in [0.2, 0.25) is 0 Å². The van der Waals surface area contributed by atoms with Gasteiger partial charge in [-0.2, -0.15) is 0 Å². The molecule has 0 spiro atoms. The first-order valence-corrected chi connectivity index (χ1v) is 13.6.